The lowest BCUT2D eigenvalue weighted by Crippen LogP contribution is -2.02. The highest BCUT2D eigenvalue weighted by atomic mass is 35.5. The first kappa shape index (κ1) is 20.3. The van der Waals surface area contributed by atoms with Gasteiger partial charge < -0.3 is 14.8 Å². The SMILES string of the molecule is CCOc1ccc(NCc2cc(Cl)c(OCc3ccccc3F)c(Cl)c2)cc1. The highest BCUT2D eigenvalue weighted by molar-refractivity contribution is 6.37. The van der Waals surface area contributed by atoms with Crippen molar-refractivity contribution in [2.45, 2.75) is 20.1 Å². The normalized spacial score (nSPS) is 10.6. The third-order valence-electron chi connectivity index (χ3n) is 4.05. The molecule has 0 spiro atoms. The molecule has 0 aliphatic carbocycles. The molecule has 1 N–H and O–H groups in total. The van der Waals surface area contributed by atoms with E-state index in [-0.39, 0.29) is 12.4 Å². The molecular formula is C22H20Cl2FNO2. The van der Waals surface area contributed by atoms with Gasteiger partial charge in [0.15, 0.2) is 5.75 Å². The van der Waals surface area contributed by atoms with Gasteiger partial charge in [-0.05, 0) is 55.0 Å². The number of nitrogens with one attached hydrogen (secondary N) is 1. The Labute approximate surface area is 174 Å². The topological polar surface area (TPSA) is 30.5 Å². The van der Waals surface area contributed by atoms with Gasteiger partial charge in [0.2, 0.25) is 0 Å². The molecule has 0 fully saturated rings. The summed E-state index contributed by atoms with van der Waals surface area (Å²) in [6, 6.07) is 17.7. The lowest BCUT2D eigenvalue weighted by Gasteiger charge is -2.13. The minimum Gasteiger partial charge on any atom is -0.494 e. The summed E-state index contributed by atoms with van der Waals surface area (Å²) in [7, 11) is 0. The molecule has 0 unspecified atom stereocenters. The van der Waals surface area contributed by atoms with Crippen molar-refractivity contribution in [1.82, 2.24) is 0 Å². The summed E-state index contributed by atoms with van der Waals surface area (Å²) in [5, 5.41) is 4.07. The summed E-state index contributed by atoms with van der Waals surface area (Å²) in [5.41, 5.74) is 2.30. The molecular weight excluding hydrogens is 400 g/mol. The number of ether oxygens (including phenoxy) is 2. The summed E-state index contributed by atoms with van der Waals surface area (Å²) in [6.07, 6.45) is 0. The lowest BCUT2D eigenvalue weighted by atomic mass is 10.2. The summed E-state index contributed by atoms with van der Waals surface area (Å²) < 4.78 is 24.8. The highest BCUT2D eigenvalue weighted by Gasteiger charge is 2.11. The predicted molar refractivity (Wildman–Crippen MR) is 112 cm³/mol. The molecule has 3 rings (SSSR count). The molecule has 0 atom stereocenters. The van der Waals surface area contributed by atoms with Crippen molar-refractivity contribution < 1.29 is 13.9 Å². The Morgan fingerprint density at radius 1 is 0.929 bits per heavy atom. The van der Waals surface area contributed by atoms with E-state index in [1.54, 1.807) is 30.3 Å². The fourth-order valence-corrected chi connectivity index (χ4v) is 3.30. The molecule has 0 bridgehead atoms. The minimum absolute atomic E-state index is 0.0515. The predicted octanol–water partition coefficient (Wildman–Crippen LogP) is 6.72. The van der Waals surface area contributed by atoms with Crippen LogP contribution in [0.5, 0.6) is 11.5 Å². The third kappa shape index (κ3) is 5.31. The van der Waals surface area contributed by atoms with E-state index in [0.29, 0.717) is 34.5 Å². The van der Waals surface area contributed by atoms with E-state index in [1.165, 1.54) is 6.07 Å². The van der Waals surface area contributed by atoms with Crippen LogP contribution in [0.25, 0.3) is 0 Å². The molecule has 28 heavy (non-hydrogen) atoms. The van der Waals surface area contributed by atoms with Gasteiger partial charge in [0.05, 0.1) is 16.7 Å². The Balaban J connectivity index is 1.63. The Kier molecular flexibility index (Phi) is 7.01. The van der Waals surface area contributed by atoms with E-state index in [0.717, 1.165) is 17.0 Å². The van der Waals surface area contributed by atoms with Crippen molar-refractivity contribution in [3.8, 4) is 11.5 Å². The first-order valence-electron chi connectivity index (χ1n) is 8.87. The molecule has 3 aromatic rings. The van der Waals surface area contributed by atoms with Crippen LogP contribution < -0.4 is 14.8 Å². The number of hydrogen-bond acceptors (Lipinski definition) is 3. The standard InChI is InChI=1S/C22H20Cl2FNO2/c1-2-27-18-9-7-17(8-10-18)26-13-15-11-19(23)22(20(24)12-15)28-14-16-5-3-4-6-21(16)25/h3-12,26H,2,13-14H2,1H3. The van der Waals surface area contributed by atoms with Crippen LogP contribution in [0.15, 0.2) is 60.7 Å². The van der Waals surface area contributed by atoms with Gasteiger partial charge in [0.1, 0.15) is 18.2 Å². The molecule has 0 radical (unpaired) electrons. The van der Waals surface area contributed by atoms with Crippen LogP contribution >= 0.6 is 23.2 Å². The zero-order valence-electron chi connectivity index (χ0n) is 15.3. The largest absolute Gasteiger partial charge is 0.494 e. The second kappa shape index (κ2) is 9.67. The maximum absolute atomic E-state index is 13.7. The van der Waals surface area contributed by atoms with Crippen LogP contribution in [0.1, 0.15) is 18.1 Å². The van der Waals surface area contributed by atoms with E-state index in [2.05, 4.69) is 5.32 Å². The molecule has 0 amide bonds. The molecule has 0 aliphatic heterocycles. The van der Waals surface area contributed by atoms with Gasteiger partial charge in [0.25, 0.3) is 0 Å². The highest BCUT2D eigenvalue weighted by Crippen LogP contribution is 2.35. The van der Waals surface area contributed by atoms with Crippen molar-refractivity contribution in [3.05, 3.63) is 87.7 Å². The Hall–Kier alpha value is -2.43. The van der Waals surface area contributed by atoms with E-state index in [4.69, 9.17) is 32.7 Å². The van der Waals surface area contributed by atoms with Crippen molar-refractivity contribution in [1.29, 1.82) is 0 Å². The molecule has 6 heteroatoms. The monoisotopic (exact) mass is 419 g/mol. The summed E-state index contributed by atoms with van der Waals surface area (Å²) in [6.45, 7) is 3.18. The van der Waals surface area contributed by atoms with Gasteiger partial charge >= 0.3 is 0 Å². The molecule has 0 aromatic heterocycles. The Morgan fingerprint density at radius 2 is 1.61 bits per heavy atom. The van der Waals surface area contributed by atoms with E-state index >= 15 is 0 Å². The number of halogens is 3. The quantitative estimate of drug-likeness (QED) is 0.439. The maximum atomic E-state index is 13.7. The number of anilines is 1. The van der Waals surface area contributed by atoms with Crippen LogP contribution in [0.2, 0.25) is 10.0 Å². The van der Waals surface area contributed by atoms with Crippen molar-refractivity contribution in [2.24, 2.45) is 0 Å². The minimum atomic E-state index is -0.328. The summed E-state index contributed by atoms with van der Waals surface area (Å²) >= 11 is 12.7. The third-order valence-corrected chi connectivity index (χ3v) is 4.61. The molecule has 3 nitrogen and oxygen atoms in total. The average Bonchev–Trinajstić information content (AvgIpc) is 2.68. The molecule has 0 aliphatic rings. The van der Waals surface area contributed by atoms with E-state index in [9.17, 15) is 4.39 Å². The summed E-state index contributed by atoms with van der Waals surface area (Å²) in [5.74, 6) is 0.845. The molecule has 3 aromatic carbocycles. The smallest absolute Gasteiger partial charge is 0.156 e. The first-order valence-corrected chi connectivity index (χ1v) is 9.63. The average molecular weight is 420 g/mol. The second-order valence-electron chi connectivity index (χ2n) is 6.08. The van der Waals surface area contributed by atoms with Crippen LogP contribution in [0.3, 0.4) is 0 Å². The van der Waals surface area contributed by atoms with Gasteiger partial charge in [-0.3, -0.25) is 0 Å². The van der Waals surface area contributed by atoms with Crippen LogP contribution in [0, 0.1) is 5.82 Å². The molecule has 146 valence electrons. The summed E-state index contributed by atoms with van der Waals surface area (Å²) in [4.78, 5) is 0. The number of benzene rings is 3. The van der Waals surface area contributed by atoms with Crippen molar-refractivity contribution in [2.75, 3.05) is 11.9 Å². The fourth-order valence-electron chi connectivity index (χ4n) is 2.66. The van der Waals surface area contributed by atoms with E-state index < -0.39 is 0 Å². The Bertz CT molecular complexity index is 909. The van der Waals surface area contributed by atoms with Crippen LogP contribution in [-0.2, 0) is 13.2 Å². The molecule has 0 saturated heterocycles. The lowest BCUT2D eigenvalue weighted by molar-refractivity contribution is 0.300. The first-order chi connectivity index (χ1) is 13.6. The maximum Gasteiger partial charge on any atom is 0.156 e. The van der Waals surface area contributed by atoms with Crippen LogP contribution in [0.4, 0.5) is 10.1 Å². The van der Waals surface area contributed by atoms with Gasteiger partial charge in [-0.15, -0.1) is 0 Å². The van der Waals surface area contributed by atoms with Crippen molar-refractivity contribution >= 4 is 28.9 Å². The van der Waals surface area contributed by atoms with Crippen molar-refractivity contribution in [3.63, 3.8) is 0 Å². The molecule has 0 heterocycles. The van der Waals surface area contributed by atoms with Gasteiger partial charge in [0, 0.05) is 17.8 Å². The zero-order chi connectivity index (χ0) is 19.9. The van der Waals surface area contributed by atoms with Gasteiger partial charge in [-0.1, -0.05) is 41.4 Å². The second-order valence-corrected chi connectivity index (χ2v) is 6.89. The van der Waals surface area contributed by atoms with Crippen LogP contribution in [-0.4, -0.2) is 6.61 Å². The Morgan fingerprint density at radius 3 is 2.25 bits per heavy atom. The fraction of sp³-hybridized carbons (Fsp3) is 0.182. The molecule has 0 saturated carbocycles. The van der Waals surface area contributed by atoms with Gasteiger partial charge in [-0.25, -0.2) is 4.39 Å². The van der Waals surface area contributed by atoms with E-state index in [1.807, 2.05) is 31.2 Å². The van der Waals surface area contributed by atoms with Gasteiger partial charge in [-0.2, -0.15) is 0 Å². The number of rotatable bonds is 8. The zero-order valence-corrected chi connectivity index (χ0v) is 16.9. The number of hydrogen-bond donors (Lipinski definition) is 1.